The van der Waals surface area contributed by atoms with Gasteiger partial charge in [-0.3, -0.25) is 4.70 Å². The number of hydrogen-bond acceptors (Lipinski definition) is 6. The monoisotopic (exact) mass is 1200 g/mol. The fourth-order valence-electron chi connectivity index (χ4n) is 13.1. The van der Waals surface area contributed by atoms with Crippen LogP contribution >= 0.6 is 0 Å². The quantitative estimate of drug-likeness (QED) is 0.100. The number of hydrogen-bond donors (Lipinski definition) is 0. The molecule has 93 heavy (non-hydrogen) atoms. The predicted octanol–water partition coefficient (Wildman–Crippen LogP) is 22.1. The number of halogens is 1. The maximum Gasteiger partial charge on any atom is 0.252 e. The van der Waals surface area contributed by atoms with E-state index in [1.807, 2.05) is 0 Å². The number of nitrogens with zero attached hydrogens (tertiary/aromatic N) is 6. The minimum absolute atomic E-state index is 0. The molecule has 8 heteroatoms. The number of fused-ring (bicyclic) bond motifs is 4. The Hall–Kier alpha value is -12.1. The summed E-state index contributed by atoms with van der Waals surface area (Å²) >= 11 is 0. The van der Waals surface area contributed by atoms with E-state index in [2.05, 4.69) is 412 Å². The van der Waals surface area contributed by atoms with E-state index in [0.717, 1.165) is 79.6 Å². The Labute approximate surface area is 546 Å². The van der Waals surface area contributed by atoms with Crippen LogP contribution in [-0.4, -0.2) is 6.71 Å². The average Bonchev–Trinajstić information content (AvgIpc) is 0.712. The largest absolute Gasteiger partial charge is 0.311 e. The van der Waals surface area contributed by atoms with Crippen LogP contribution in [0.1, 0.15) is 7.43 Å². The summed E-state index contributed by atoms with van der Waals surface area (Å²) in [6.07, 6.45) is 0. The molecule has 0 aromatic heterocycles. The van der Waals surface area contributed by atoms with Gasteiger partial charge in [-0.2, -0.15) is 0 Å². The third kappa shape index (κ3) is 11.9. The molecule has 0 bridgehead atoms. The van der Waals surface area contributed by atoms with Crippen molar-refractivity contribution in [3.8, 4) is 0 Å². The first-order valence-corrected chi connectivity index (χ1v) is 31.0. The van der Waals surface area contributed by atoms with Crippen molar-refractivity contribution >= 4 is 125 Å². The Bertz CT molecular complexity index is 4200. The van der Waals surface area contributed by atoms with Crippen molar-refractivity contribution in [2.45, 2.75) is 7.43 Å². The maximum absolute atomic E-state index is 2.46. The second-order valence-electron chi connectivity index (χ2n) is 22.5. The van der Waals surface area contributed by atoms with Crippen molar-refractivity contribution in [2.24, 2.45) is 0 Å². The summed E-state index contributed by atoms with van der Waals surface area (Å²) in [6, 6.07) is 136. The normalized spacial score (nSPS) is 11.4. The molecule has 0 N–H and O–H groups in total. The Kier molecular flexibility index (Phi) is 17.6. The highest BCUT2D eigenvalue weighted by molar-refractivity contribution is 7.00. The first-order valence-electron chi connectivity index (χ1n) is 31.0. The van der Waals surface area contributed by atoms with Gasteiger partial charge < -0.3 is 29.4 Å². The van der Waals surface area contributed by atoms with Gasteiger partial charge in [-0.05, 0) is 180 Å². The molecular formula is C85H68BFN6. The molecule has 2 heterocycles. The summed E-state index contributed by atoms with van der Waals surface area (Å²) in [4.78, 5) is 14.3. The van der Waals surface area contributed by atoms with Gasteiger partial charge in [0, 0.05) is 79.6 Å². The summed E-state index contributed by atoms with van der Waals surface area (Å²) in [7, 11) is 0. The molecule has 0 radical (unpaired) electrons. The fourth-order valence-corrected chi connectivity index (χ4v) is 13.1. The highest BCUT2D eigenvalue weighted by Gasteiger charge is 2.43. The van der Waals surface area contributed by atoms with Gasteiger partial charge >= 0.3 is 0 Å². The summed E-state index contributed by atoms with van der Waals surface area (Å²) < 4.78 is 0. The Morgan fingerprint density at radius 2 is 0.387 bits per heavy atom. The van der Waals surface area contributed by atoms with Crippen LogP contribution in [0.3, 0.4) is 0 Å². The van der Waals surface area contributed by atoms with Crippen LogP contribution in [0, 0.1) is 0 Å². The topological polar surface area (TPSA) is 19.4 Å². The molecule has 14 aromatic rings. The Balaban J connectivity index is 0.000000166. The number of para-hydroxylation sites is 12. The Morgan fingerprint density at radius 1 is 0.194 bits per heavy atom. The highest BCUT2D eigenvalue weighted by atomic mass is 19.0. The van der Waals surface area contributed by atoms with Crippen LogP contribution < -0.4 is 45.8 Å². The lowest BCUT2D eigenvalue weighted by Crippen LogP contribution is -2.61. The van der Waals surface area contributed by atoms with E-state index in [4.69, 9.17) is 0 Å². The zero-order valence-electron chi connectivity index (χ0n) is 50.5. The van der Waals surface area contributed by atoms with Crippen LogP contribution in [0.5, 0.6) is 0 Å². The molecule has 0 saturated heterocycles. The van der Waals surface area contributed by atoms with E-state index in [9.17, 15) is 0 Å². The maximum atomic E-state index is 2.46. The SMILES string of the molecule is C.F.c1ccc(N(c2ccccc2)c2cc(N(c3ccccc3)c3ccccc3)cc(N(c3ccccc3)c3ccccc3)c2)cc1.c1ccc(N(c2ccccc2)c2cc3c4c(c2)N(c2ccccc2)c2ccccc2B4c2ccccc2N3c2ccccc2)cc1. The molecule has 0 unspecified atom stereocenters. The molecule has 0 atom stereocenters. The van der Waals surface area contributed by atoms with Crippen molar-refractivity contribution < 1.29 is 4.70 Å². The van der Waals surface area contributed by atoms with Crippen molar-refractivity contribution in [2.75, 3.05) is 29.4 Å². The van der Waals surface area contributed by atoms with Gasteiger partial charge in [-0.1, -0.05) is 226 Å². The minimum atomic E-state index is 0. The van der Waals surface area contributed by atoms with Crippen molar-refractivity contribution in [3.63, 3.8) is 0 Å². The second-order valence-corrected chi connectivity index (χ2v) is 22.5. The summed E-state index contributed by atoms with van der Waals surface area (Å²) in [5, 5.41) is 0. The van der Waals surface area contributed by atoms with Gasteiger partial charge in [0.25, 0.3) is 6.71 Å². The van der Waals surface area contributed by atoms with Crippen molar-refractivity contribution in [1.82, 2.24) is 0 Å². The third-order valence-corrected chi connectivity index (χ3v) is 16.9. The minimum Gasteiger partial charge on any atom is -0.311 e. The van der Waals surface area contributed by atoms with Crippen molar-refractivity contribution in [3.05, 3.63) is 382 Å². The first kappa shape index (κ1) is 59.8. The van der Waals surface area contributed by atoms with Crippen molar-refractivity contribution in [1.29, 1.82) is 0 Å². The highest BCUT2D eigenvalue weighted by Crippen LogP contribution is 2.49. The smallest absolute Gasteiger partial charge is 0.252 e. The zero-order chi connectivity index (χ0) is 60.7. The molecule has 6 nitrogen and oxygen atoms in total. The van der Waals surface area contributed by atoms with E-state index >= 15 is 0 Å². The molecule has 2 aliphatic heterocycles. The standard InChI is InChI=1S/C42H30BN3.C42H33N3.CH4.FH/c1-5-17-31(18-6-1)44(32-19-7-2-8-20-32)35-29-40-42-41(30-35)46(34-23-11-4-12-24-34)39-28-16-14-26-37(39)43(42)36-25-13-15-27-38(36)45(40)33-21-9-3-10-22-33;1-7-19-34(20-8-1)43(35-21-9-2-10-22-35)40-31-41(44(36-23-11-3-12-24-36)37-25-13-4-14-26-37)33-42(32-40)45(38-27-15-5-16-28-38)39-29-17-6-18-30-39;;/h1-30H;1-33H;1H4;1H. The lowest BCUT2D eigenvalue weighted by atomic mass is 9.33. The lowest BCUT2D eigenvalue weighted by molar-refractivity contribution is 1.11. The number of anilines is 18. The molecule has 0 amide bonds. The van der Waals surface area contributed by atoms with Crippen LogP contribution in [0.2, 0.25) is 0 Å². The van der Waals surface area contributed by atoms with Gasteiger partial charge in [0.1, 0.15) is 0 Å². The van der Waals surface area contributed by atoms with Gasteiger partial charge in [0.15, 0.2) is 0 Å². The van der Waals surface area contributed by atoms with Gasteiger partial charge in [0.2, 0.25) is 0 Å². The molecule has 14 aromatic carbocycles. The summed E-state index contributed by atoms with van der Waals surface area (Å²) in [5.74, 6) is 0. The zero-order valence-corrected chi connectivity index (χ0v) is 50.5. The van der Waals surface area contributed by atoms with E-state index < -0.39 is 0 Å². The molecule has 448 valence electrons. The van der Waals surface area contributed by atoms with Crippen LogP contribution in [-0.2, 0) is 0 Å². The molecule has 0 fully saturated rings. The van der Waals surface area contributed by atoms with E-state index in [1.165, 1.54) is 39.1 Å². The third-order valence-electron chi connectivity index (χ3n) is 16.9. The van der Waals surface area contributed by atoms with E-state index in [0.29, 0.717) is 0 Å². The fraction of sp³-hybridized carbons (Fsp3) is 0.0118. The van der Waals surface area contributed by atoms with Gasteiger partial charge in [0.05, 0.1) is 22.7 Å². The van der Waals surface area contributed by atoms with Crippen LogP contribution in [0.25, 0.3) is 0 Å². The Morgan fingerprint density at radius 3 is 0.624 bits per heavy atom. The summed E-state index contributed by atoms with van der Waals surface area (Å²) in [5.41, 5.74) is 24.0. The molecule has 2 aliphatic rings. The number of rotatable bonds is 14. The average molecular weight is 1200 g/mol. The summed E-state index contributed by atoms with van der Waals surface area (Å²) in [6.45, 7) is 0.0910. The number of benzene rings is 14. The van der Waals surface area contributed by atoms with E-state index in [-0.39, 0.29) is 18.8 Å². The van der Waals surface area contributed by atoms with Gasteiger partial charge in [-0.25, -0.2) is 0 Å². The molecule has 0 saturated carbocycles. The predicted molar refractivity (Wildman–Crippen MR) is 395 cm³/mol. The van der Waals surface area contributed by atoms with Crippen LogP contribution in [0.15, 0.2) is 382 Å². The molecule has 0 spiro atoms. The lowest BCUT2D eigenvalue weighted by Gasteiger charge is -2.45. The second kappa shape index (κ2) is 27.3. The van der Waals surface area contributed by atoms with E-state index in [1.54, 1.807) is 0 Å². The molecule has 16 rings (SSSR count). The molecular weight excluding hydrogens is 1130 g/mol. The van der Waals surface area contributed by atoms with Crippen LogP contribution in [0.4, 0.5) is 107 Å². The molecule has 0 aliphatic carbocycles. The van der Waals surface area contributed by atoms with Gasteiger partial charge in [-0.15, -0.1) is 0 Å². The first-order chi connectivity index (χ1) is 45.2.